The first-order valence-corrected chi connectivity index (χ1v) is 36.1. The van der Waals surface area contributed by atoms with Crippen molar-refractivity contribution in [1.82, 2.24) is 0 Å². The zero-order chi connectivity index (χ0) is 69.6. The average molecular weight is 1320 g/mol. The summed E-state index contributed by atoms with van der Waals surface area (Å²) in [6.07, 6.45) is 0. The molecule has 0 saturated carbocycles. The van der Waals surface area contributed by atoms with Gasteiger partial charge in [0, 0.05) is 55.4 Å². The lowest BCUT2D eigenvalue weighted by atomic mass is 9.30. The monoisotopic (exact) mass is 1320 g/mol. The Bertz CT molecular complexity index is 5600. The van der Waals surface area contributed by atoms with Crippen molar-refractivity contribution in [3.63, 3.8) is 0 Å². The fourth-order valence-electron chi connectivity index (χ4n) is 16.7. The van der Waals surface area contributed by atoms with Crippen LogP contribution in [0.4, 0.5) is 34.1 Å². The Morgan fingerprint density at radius 1 is 0.265 bits per heavy atom. The molecule has 8 heteroatoms. The van der Waals surface area contributed by atoms with Crippen LogP contribution >= 0.6 is 0 Å². The van der Waals surface area contributed by atoms with E-state index in [2.05, 4.69) is 348 Å². The number of hydrogen-bond acceptors (Lipinski definition) is 6. The molecule has 0 radical (unpaired) electrons. The van der Waals surface area contributed by atoms with Crippen molar-refractivity contribution in [2.24, 2.45) is 0 Å². The molecule has 19 rings (SSSR count). The van der Waals surface area contributed by atoms with Gasteiger partial charge in [-0.05, 0) is 165 Å². The third-order valence-corrected chi connectivity index (χ3v) is 22.1. The zero-order valence-corrected chi connectivity index (χ0v) is 59.9. The fourth-order valence-corrected chi connectivity index (χ4v) is 16.7. The van der Waals surface area contributed by atoms with E-state index in [0.29, 0.717) is 0 Å². The molecular weight excluding hydrogens is 1240 g/mol. The lowest BCUT2D eigenvalue weighted by Crippen LogP contribution is -2.63. The topological polar surface area (TPSA) is 51.2 Å². The van der Waals surface area contributed by atoms with Crippen molar-refractivity contribution >= 4 is 124 Å². The standard InChI is InChI=1S/C94H78B2N2O4/c1-91(2,3)61-43-57(44-62(51-61)92(4,5)6)59-47-79-85-83(49-59)101-89-71(41-39-69-67-33-21-25-37-81(67)99-87(69)89)95(85)73-53-74-78(54-77(73)97(79)75-35-23-19-31-65(75)55-27-15-13-16-28-55)98(76-36-24-20-32-66(76)56-29-17-14-18-30-56)80-48-60(58-45-63(93(7,8)9)52-64(46-58)94(10,11)12)50-84-86(80)96(74)72-42-40-70-68-34-22-26-38-82(68)100-88(70)90(72)102-84/h13-54H,1-12H3. The minimum absolute atomic E-state index is 0.134. The summed E-state index contributed by atoms with van der Waals surface area (Å²) in [4.78, 5) is 5.17. The van der Waals surface area contributed by atoms with Crippen LogP contribution in [-0.2, 0) is 21.7 Å². The van der Waals surface area contributed by atoms with E-state index >= 15 is 0 Å². The lowest BCUT2D eigenvalue weighted by Gasteiger charge is -2.45. The van der Waals surface area contributed by atoms with Gasteiger partial charge in [-0.3, -0.25) is 0 Å². The van der Waals surface area contributed by atoms with Gasteiger partial charge >= 0.3 is 0 Å². The fraction of sp³-hybridized carbons (Fsp3) is 0.170. The van der Waals surface area contributed by atoms with Crippen LogP contribution < -0.4 is 52.1 Å². The molecule has 4 aliphatic heterocycles. The molecule has 0 fully saturated rings. The van der Waals surface area contributed by atoms with Crippen LogP contribution in [0.25, 0.3) is 88.4 Å². The number of benzene rings is 13. The first-order chi connectivity index (χ1) is 49.1. The maximum Gasteiger partial charge on any atom is 0.256 e. The highest BCUT2D eigenvalue weighted by Gasteiger charge is 2.49. The third-order valence-electron chi connectivity index (χ3n) is 22.1. The van der Waals surface area contributed by atoms with Crippen molar-refractivity contribution in [3.8, 4) is 67.5 Å². The highest BCUT2D eigenvalue weighted by Crippen LogP contribution is 2.53. The van der Waals surface area contributed by atoms with Crippen molar-refractivity contribution in [2.75, 3.05) is 9.80 Å². The molecule has 0 saturated heterocycles. The van der Waals surface area contributed by atoms with Gasteiger partial charge in [0.25, 0.3) is 13.4 Å². The number of para-hydroxylation sites is 4. The molecule has 494 valence electrons. The van der Waals surface area contributed by atoms with Gasteiger partial charge in [0.05, 0.1) is 11.4 Å². The number of rotatable bonds is 6. The van der Waals surface area contributed by atoms with E-state index in [-0.39, 0.29) is 35.1 Å². The predicted octanol–water partition coefficient (Wildman–Crippen LogP) is 22.2. The van der Waals surface area contributed by atoms with Crippen LogP contribution in [0.5, 0.6) is 23.0 Å². The van der Waals surface area contributed by atoms with E-state index in [9.17, 15) is 0 Å². The number of fused-ring (bicyclic) bond motifs is 16. The second-order valence-electron chi connectivity index (χ2n) is 32.8. The van der Waals surface area contributed by atoms with Crippen LogP contribution in [-0.4, -0.2) is 13.4 Å². The first kappa shape index (κ1) is 61.8. The van der Waals surface area contributed by atoms with Gasteiger partial charge in [-0.25, -0.2) is 0 Å². The van der Waals surface area contributed by atoms with Gasteiger partial charge in [-0.15, -0.1) is 0 Å². The van der Waals surface area contributed by atoms with Gasteiger partial charge in [0.15, 0.2) is 22.7 Å². The maximum atomic E-state index is 7.75. The van der Waals surface area contributed by atoms with E-state index in [0.717, 1.165) is 178 Å². The Labute approximate surface area is 598 Å². The minimum Gasteiger partial charge on any atom is -0.454 e. The smallest absolute Gasteiger partial charge is 0.256 e. The Morgan fingerprint density at radius 2 is 0.618 bits per heavy atom. The molecule has 6 heterocycles. The van der Waals surface area contributed by atoms with Crippen LogP contribution in [0.15, 0.2) is 264 Å². The molecule has 0 unspecified atom stereocenters. The summed E-state index contributed by atoms with van der Waals surface area (Å²) in [5.74, 6) is 3.06. The number of nitrogens with zero attached hydrogens (tertiary/aromatic N) is 2. The molecule has 4 aliphatic rings. The first-order valence-electron chi connectivity index (χ1n) is 36.1. The van der Waals surface area contributed by atoms with E-state index in [4.69, 9.17) is 18.3 Å². The van der Waals surface area contributed by atoms with E-state index in [1.54, 1.807) is 0 Å². The van der Waals surface area contributed by atoms with Gasteiger partial charge in [-0.1, -0.05) is 283 Å². The molecule has 102 heavy (non-hydrogen) atoms. The molecule has 15 aromatic rings. The predicted molar refractivity (Wildman–Crippen MR) is 429 cm³/mol. The van der Waals surface area contributed by atoms with Crippen molar-refractivity contribution in [1.29, 1.82) is 0 Å². The summed E-state index contributed by atoms with van der Waals surface area (Å²) in [7, 11) is 0. The summed E-state index contributed by atoms with van der Waals surface area (Å²) in [5, 5.41) is 4.14. The Kier molecular flexibility index (Phi) is 13.4. The van der Waals surface area contributed by atoms with Crippen LogP contribution in [0.1, 0.15) is 105 Å². The lowest BCUT2D eigenvalue weighted by molar-refractivity contribution is 0.481. The molecule has 0 bridgehead atoms. The highest BCUT2D eigenvalue weighted by molar-refractivity contribution is 7.02. The maximum absolute atomic E-state index is 7.75. The minimum atomic E-state index is -0.338. The van der Waals surface area contributed by atoms with Gasteiger partial charge in [0.2, 0.25) is 0 Å². The SMILES string of the molecule is CC(C)(C)c1cc(-c2cc3c4c(c2)N(c2ccccc2-c2ccccc2)c2cc5c(cc2B4c2ccc4c(oc6ccccc64)c2O3)B2c3ccc4c(oc6ccccc64)c3Oc3cc(-c4cc(C(C)(C)C)cc(C(C)(C)C)c4)cc(c32)N5c2ccccc2-c2ccccc2)cc(C(C)(C)C)c1. The summed E-state index contributed by atoms with van der Waals surface area (Å²) in [6, 6.07) is 95.0. The number of hydrogen-bond donors (Lipinski definition) is 0. The zero-order valence-electron chi connectivity index (χ0n) is 59.9. The molecule has 6 nitrogen and oxygen atoms in total. The van der Waals surface area contributed by atoms with E-state index < -0.39 is 0 Å². The van der Waals surface area contributed by atoms with E-state index in [1.807, 2.05) is 0 Å². The Hall–Kier alpha value is -11.2. The van der Waals surface area contributed by atoms with Gasteiger partial charge < -0.3 is 28.1 Å². The quantitative estimate of drug-likeness (QED) is 0.155. The van der Waals surface area contributed by atoms with Crippen molar-refractivity contribution in [2.45, 2.75) is 105 Å². The van der Waals surface area contributed by atoms with Crippen molar-refractivity contribution < 1.29 is 18.3 Å². The van der Waals surface area contributed by atoms with Crippen LogP contribution in [0.3, 0.4) is 0 Å². The molecule has 2 aromatic heterocycles. The molecule has 0 amide bonds. The third kappa shape index (κ3) is 9.61. The summed E-state index contributed by atoms with van der Waals surface area (Å²) in [6.45, 7) is 27.2. The average Bonchev–Trinajstić information content (AvgIpc) is 0.713. The largest absolute Gasteiger partial charge is 0.454 e. The Morgan fingerprint density at radius 3 is 1.01 bits per heavy atom. The summed E-state index contributed by atoms with van der Waals surface area (Å²) < 4.78 is 29.7. The van der Waals surface area contributed by atoms with Crippen LogP contribution in [0, 0.1) is 0 Å². The van der Waals surface area contributed by atoms with Gasteiger partial charge in [-0.2, -0.15) is 0 Å². The number of ether oxygens (including phenoxy) is 2. The Balaban J connectivity index is 0.973. The highest BCUT2D eigenvalue weighted by atomic mass is 16.5. The molecule has 0 spiro atoms. The number of anilines is 6. The molecule has 13 aromatic carbocycles. The van der Waals surface area contributed by atoms with E-state index in [1.165, 1.54) is 22.3 Å². The van der Waals surface area contributed by atoms with Crippen molar-refractivity contribution in [3.05, 3.63) is 277 Å². The normalized spacial score (nSPS) is 13.8. The number of furan rings is 2. The second-order valence-corrected chi connectivity index (χ2v) is 32.8. The summed E-state index contributed by atoms with van der Waals surface area (Å²) >= 11 is 0. The van der Waals surface area contributed by atoms with Crippen LogP contribution in [0.2, 0.25) is 0 Å². The molecule has 0 N–H and O–H groups in total. The second kappa shape index (κ2) is 22.1. The molecule has 0 aliphatic carbocycles. The molecular formula is C94H78B2N2O4. The summed E-state index contributed by atoms with van der Waals surface area (Å²) in [5.41, 5.74) is 29.4. The molecule has 0 atom stereocenters. The van der Waals surface area contributed by atoms with Gasteiger partial charge in [0.1, 0.15) is 22.7 Å².